The van der Waals surface area contributed by atoms with Crippen LogP contribution in [0, 0.1) is 17.3 Å². The summed E-state index contributed by atoms with van der Waals surface area (Å²) >= 11 is 0. The molecule has 1 aliphatic carbocycles. The molecular formula is C22H42O2. The summed E-state index contributed by atoms with van der Waals surface area (Å²) in [5.41, 5.74) is 0.618. The molecule has 0 aliphatic heterocycles. The van der Waals surface area contributed by atoms with Crippen molar-refractivity contribution in [3.05, 3.63) is 0 Å². The topological polar surface area (TPSA) is 26.3 Å². The van der Waals surface area contributed by atoms with Gasteiger partial charge in [0.25, 0.3) is 0 Å². The Kier molecular flexibility index (Phi) is 10.9. The lowest BCUT2D eigenvalue weighted by atomic mass is 9.67. The molecule has 0 aromatic rings. The van der Waals surface area contributed by atoms with E-state index in [4.69, 9.17) is 4.74 Å². The summed E-state index contributed by atoms with van der Waals surface area (Å²) in [5.74, 6) is 1.41. The van der Waals surface area contributed by atoms with Crippen molar-refractivity contribution in [2.45, 2.75) is 105 Å². The number of ether oxygens (including phenoxy) is 1. The summed E-state index contributed by atoms with van der Waals surface area (Å²) in [6, 6.07) is 0. The Morgan fingerprint density at radius 2 is 1.58 bits per heavy atom. The van der Waals surface area contributed by atoms with Crippen LogP contribution in [0.3, 0.4) is 0 Å². The van der Waals surface area contributed by atoms with Crippen LogP contribution in [0.4, 0.5) is 0 Å². The fourth-order valence-corrected chi connectivity index (χ4v) is 4.34. The molecule has 0 saturated heterocycles. The first-order valence-electron chi connectivity index (χ1n) is 10.6. The average Bonchev–Trinajstić information content (AvgIpc) is 2.53. The van der Waals surface area contributed by atoms with Gasteiger partial charge in [-0.1, -0.05) is 53.4 Å². The van der Waals surface area contributed by atoms with E-state index in [0.29, 0.717) is 11.2 Å². The number of carbonyl (C=O) groups is 1. The van der Waals surface area contributed by atoms with E-state index in [1.807, 2.05) is 13.8 Å². The number of unbranched alkanes of at least 4 members (excludes halogenated alkanes) is 2. The van der Waals surface area contributed by atoms with Crippen LogP contribution in [0.2, 0.25) is 0 Å². The summed E-state index contributed by atoms with van der Waals surface area (Å²) in [7, 11) is 0. The summed E-state index contributed by atoms with van der Waals surface area (Å²) in [6.07, 6.45) is 15.2. The lowest BCUT2D eigenvalue weighted by Gasteiger charge is -2.39. The van der Waals surface area contributed by atoms with Gasteiger partial charge in [-0.05, 0) is 56.3 Å². The van der Waals surface area contributed by atoms with Crippen molar-refractivity contribution in [2.24, 2.45) is 17.3 Å². The Morgan fingerprint density at radius 1 is 0.917 bits per heavy atom. The molecule has 142 valence electrons. The van der Waals surface area contributed by atoms with Crippen LogP contribution in [-0.4, -0.2) is 19.0 Å². The van der Waals surface area contributed by atoms with E-state index < -0.39 is 0 Å². The van der Waals surface area contributed by atoms with Crippen LogP contribution >= 0.6 is 0 Å². The Bertz CT molecular complexity index is 327. The molecule has 0 bridgehead atoms. The quantitative estimate of drug-likeness (QED) is 0.355. The Morgan fingerprint density at radius 3 is 2.21 bits per heavy atom. The molecule has 0 aromatic heterocycles. The smallest absolute Gasteiger partial charge is 0.135 e. The third kappa shape index (κ3) is 9.20. The number of rotatable bonds is 13. The van der Waals surface area contributed by atoms with E-state index in [1.165, 1.54) is 51.4 Å². The monoisotopic (exact) mass is 338 g/mol. The largest absolute Gasteiger partial charge is 0.381 e. The number of carbonyl (C=O) groups excluding carboxylic acids is 1. The molecule has 0 spiro atoms. The van der Waals surface area contributed by atoms with Crippen molar-refractivity contribution in [1.82, 2.24) is 0 Å². The van der Waals surface area contributed by atoms with E-state index in [-0.39, 0.29) is 5.92 Å². The highest BCUT2D eigenvalue weighted by Gasteiger charge is 2.31. The van der Waals surface area contributed by atoms with E-state index in [2.05, 4.69) is 13.8 Å². The van der Waals surface area contributed by atoms with Gasteiger partial charge in [-0.25, -0.2) is 0 Å². The Balaban J connectivity index is 2.04. The summed E-state index contributed by atoms with van der Waals surface area (Å²) in [5, 5.41) is 0. The number of hydrogen-bond donors (Lipinski definition) is 0. The molecule has 2 heteroatoms. The van der Waals surface area contributed by atoms with Crippen LogP contribution in [0.5, 0.6) is 0 Å². The second kappa shape index (κ2) is 12.1. The molecule has 0 unspecified atom stereocenters. The summed E-state index contributed by atoms with van der Waals surface area (Å²) < 4.78 is 5.84. The zero-order chi connectivity index (χ0) is 17.8. The van der Waals surface area contributed by atoms with Gasteiger partial charge in [-0.2, -0.15) is 0 Å². The predicted molar refractivity (Wildman–Crippen MR) is 103 cm³/mol. The molecule has 0 atom stereocenters. The van der Waals surface area contributed by atoms with Crippen LogP contribution in [0.25, 0.3) is 0 Å². The third-order valence-electron chi connectivity index (χ3n) is 5.61. The highest BCUT2D eigenvalue weighted by molar-refractivity contribution is 5.80. The number of hydrogen-bond acceptors (Lipinski definition) is 2. The van der Waals surface area contributed by atoms with Gasteiger partial charge in [0.1, 0.15) is 5.78 Å². The maximum atomic E-state index is 11.5. The molecule has 1 fully saturated rings. The SMILES string of the molecule is CC(C)CC1(CCCOCCCCCC(=O)C(C)C)CCCCC1. The first-order valence-corrected chi connectivity index (χ1v) is 10.6. The van der Waals surface area contributed by atoms with Crippen LogP contribution in [0.1, 0.15) is 105 Å². The molecule has 1 rings (SSSR count). The maximum Gasteiger partial charge on any atom is 0.135 e. The minimum atomic E-state index is 0.194. The minimum absolute atomic E-state index is 0.194. The first-order chi connectivity index (χ1) is 11.5. The third-order valence-corrected chi connectivity index (χ3v) is 5.61. The van der Waals surface area contributed by atoms with Gasteiger partial charge < -0.3 is 4.74 Å². The molecule has 0 amide bonds. The molecule has 0 radical (unpaired) electrons. The fourth-order valence-electron chi connectivity index (χ4n) is 4.34. The van der Waals surface area contributed by atoms with Crippen LogP contribution < -0.4 is 0 Å². The number of ketones is 1. The van der Waals surface area contributed by atoms with Crippen molar-refractivity contribution in [3.63, 3.8) is 0 Å². The zero-order valence-electron chi connectivity index (χ0n) is 16.9. The molecule has 1 saturated carbocycles. The van der Waals surface area contributed by atoms with Gasteiger partial charge in [0, 0.05) is 25.6 Å². The van der Waals surface area contributed by atoms with Gasteiger partial charge in [-0.15, -0.1) is 0 Å². The van der Waals surface area contributed by atoms with E-state index in [1.54, 1.807) is 0 Å². The molecule has 2 nitrogen and oxygen atoms in total. The zero-order valence-corrected chi connectivity index (χ0v) is 16.9. The van der Waals surface area contributed by atoms with E-state index in [0.717, 1.165) is 44.8 Å². The molecule has 0 N–H and O–H groups in total. The lowest BCUT2D eigenvalue weighted by Crippen LogP contribution is -2.26. The Hall–Kier alpha value is -0.370. The average molecular weight is 339 g/mol. The van der Waals surface area contributed by atoms with Crippen molar-refractivity contribution in [1.29, 1.82) is 0 Å². The highest BCUT2D eigenvalue weighted by Crippen LogP contribution is 2.44. The summed E-state index contributed by atoms with van der Waals surface area (Å²) in [4.78, 5) is 11.5. The van der Waals surface area contributed by atoms with E-state index in [9.17, 15) is 4.79 Å². The highest BCUT2D eigenvalue weighted by atomic mass is 16.5. The fraction of sp³-hybridized carbons (Fsp3) is 0.955. The maximum absolute atomic E-state index is 11.5. The van der Waals surface area contributed by atoms with E-state index >= 15 is 0 Å². The van der Waals surface area contributed by atoms with Gasteiger partial charge in [0.2, 0.25) is 0 Å². The van der Waals surface area contributed by atoms with Crippen LogP contribution in [-0.2, 0) is 9.53 Å². The molecular weight excluding hydrogens is 296 g/mol. The van der Waals surface area contributed by atoms with Crippen molar-refractivity contribution >= 4 is 5.78 Å². The van der Waals surface area contributed by atoms with Crippen molar-refractivity contribution in [3.8, 4) is 0 Å². The van der Waals surface area contributed by atoms with Gasteiger partial charge >= 0.3 is 0 Å². The second-order valence-corrected chi connectivity index (χ2v) is 8.81. The number of Topliss-reactive ketones (excluding diaryl/α,β-unsaturated/α-hetero) is 1. The lowest BCUT2D eigenvalue weighted by molar-refractivity contribution is -0.122. The van der Waals surface area contributed by atoms with Gasteiger partial charge in [-0.3, -0.25) is 4.79 Å². The van der Waals surface area contributed by atoms with Gasteiger partial charge in [0.15, 0.2) is 0 Å². The summed E-state index contributed by atoms with van der Waals surface area (Å²) in [6.45, 7) is 10.5. The predicted octanol–water partition coefficient (Wildman–Crippen LogP) is 6.57. The molecule has 0 aromatic carbocycles. The standard InChI is InChI=1S/C22H42O2/c1-19(2)18-22(13-8-6-9-14-22)15-11-17-24-16-10-5-7-12-21(23)20(3)4/h19-20H,5-18H2,1-4H3. The normalized spacial score (nSPS) is 17.6. The molecule has 24 heavy (non-hydrogen) atoms. The first kappa shape index (κ1) is 21.7. The minimum Gasteiger partial charge on any atom is -0.381 e. The van der Waals surface area contributed by atoms with Gasteiger partial charge in [0.05, 0.1) is 0 Å². The Labute approximate surface area is 151 Å². The van der Waals surface area contributed by atoms with Crippen molar-refractivity contribution < 1.29 is 9.53 Å². The van der Waals surface area contributed by atoms with Crippen LogP contribution in [0.15, 0.2) is 0 Å². The van der Waals surface area contributed by atoms with Crippen molar-refractivity contribution in [2.75, 3.05) is 13.2 Å². The molecule has 1 aliphatic rings. The molecule has 0 heterocycles. The second-order valence-electron chi connectivity index (χ2n) is 8.81.